The van der Waals surface area contributed by atoms with E-state index in [1.807, 2.05) is 22.6 Å². The number of hydrogen-bond donors (Lipinski definition) is 1. The third kappa shape index (κ3) is 4.14. The first kappa shape index (κ1) is 19.8. The van der Waals surface area contributed by atoms with E-state index in [9.17, 15) is 19.5 Å². The summed E-state index contributed by atoms with van der Waals surface area (Å²) in [5.41, 5.74) is 0.336. The molecule has 1 aliphatic heterocycles. The molecule has 7 nitrogen and oxygen atoms in total. The van der Waals surface area contributed by atoms with Gasteiger partial charge in [-0.15, -0.1) is 0 Å². The van der Waals surface area contributed by atoms with Gasteiger partial charge in [-0.25, -0.2) is 4.79 Å². The van der Waals surface area contributed by atoms with Crippen LogP contribution in [0.2, 0.25) is 5.02 Å². The summed E-state index contributed by atoms with van der Waals surface area (Å²) in [6.45, 7) is -0.127. The van der Waals surface area contributed by atoms with E-state index in [4.69, 9.17) is 16.0 Å². The predicted molar refractivity (Wildman–Crippen MR) is 107 cm³/mol. The van der Waals surface area contributed by atoms with Gasteiger partial charge in [0.05, 0.1) is 22.1 Å². The van der Waals surface area contributed by atoms with Gasteiger partial charge in [-0.1, -0.05) is 11.6 Å². The SMILES string of the molecule is COC(=O)c1ccc(CN2C(=O)S/C(=C/c3cc(Cl)cc(I)c3O)C2=O)o1. The third-order valence-electron chi connectivity index (χ3n) is 3.58. The van der Waals surface area contributed by atoms with Crippen LogP contribution in [0.3, 0.4) is 0 Å². The summed E-state index contributed by atoms with van der Waals surface area (Å²) < 4.78 is 10.4. The van der Waals surface area contributed by atoms with Crippen LogP contribution < -0.4 is 0 Å². The number of carbonyl (C=O) groups excluding carboxylic acids is 3. The highest BCUT2D eigenvalue weighted by molar-refractivity contribution is 14.1. The van der Waals surface area contributed by atoms with Crippen molar-refractivity contribution in [2.45, 2.75) is 6.54 Å². The normalized spacial score (nSPS) is 15.7. The number of carbonyl (C=O) groups is 3. The number of esters is 1. The second kappa shape index (κ2) is 7.95. The number of ether oxygens (including phenoxy) is 1. The van der Waals surface area contributed by atoms with Gasteiger partial charge in [-0.3, -0.25) is 14.5 Å². The molecule has 0 radical (unpaired) electrons. The Morgan fingerprint density at radius 2 is 2.15 bits per heavy atom. The summed E-state index contributed by atoms with van der Waals surface area (Å²) in [5.74, 6) is -0.968. The van der Waals surface area contributed by atoms with E-state index in [0.717, 1.165) is 16.7 Å². The van der Waals surface area contributed by atoms with Gasteiger partial charge in [0.15, 0.2) is 0 Å². The largest absolute Gasteiger partial charge is 0.506 e. The van der Waals surface area contributed by atoms with E-state index in [1.165, 1.54) is 31.4 Å². The molecule has 0 aliphatic carbocycles. The Morgan fingerprint density at radius 1 is 1.41 bits per heavy atom. The summed E-state index contributed by atoms with van der Waals surface area (Å²) in [7, 11) is 1.22. The molecule has 0 atom stereocenters. The smallest absolute Gasteiger partial charge is 0.373 e. The lowest BCUT2D eigenvalue weighted by Gasteiger charge is -2.10. The Balaban J connectivity index is 1.83. The highest BCUT2D eigenvalue weighted by atomic mass is 127. The first-order chi connectivity index (χ1) is 12.8. The van der Waals surface area contributed by atoms with Crippen LogP contribution in [0.15, 0.2) is 33.6 Å². The number of thioether (sulfide) groups is 1. The van der Waals surface area contributed by atoms with E-state index >= 15 is 0 Å². The fourth-order valence-corrected chi connectivity index (χ4v) is 4.19. The van der Waals surface area contributed by atoms with Crippen LogP contribution in [0.5, 0.6) is 5.75 Å². The van der Waals surface area contributed by atoms with Gasteiger partial charge in [0.2, 0.25) is 5.76 Å². The van der Waals surface area contributed by atoms with E-state index < -0.39 is 17.1 Å². The number of methoxy groups -OCH3 is 1. The molecular formula is C17H11ClINO6S. The molecule has 1 aliphatic rings. The highest BCUT2D eigenvalue weighted by Gasteiger charge is 2.36. The van der Waals surface area contributed by atoms with E-state index in [1.54, 1.807) is 6.07 Å². The molecule has 2 aromatic rings. The Hall–Kier alpha value is -1.98. The molecule has 1 aromatic heterocycles. The number of phenolic OH excluding ortho intramolecular Hbond substituents is 1. The monoisotopic (exact) mass is 519 g/mol. The lowest BCUT2D eigenvalue weighted by atomic mass is 10.2. The number of furan rings is 1. The van der Waals surface area contributed by atoms with Crippen LogP contribution in [-0.4, -0.2) is 34.2 Å². The summed E-state index contributed by atoms with van der Waals surface area (Å²) in [6, 6.07) is 5.98. The van der Waals surface area contributed by atoms with Gasteiger partial charge in [0.1, 0.15) is 11.5 Å². The molecule has 2 heterocycles. The summed E-state index contributed by atoms with van der Waals surface area (Å²) >= 11 is 8.64. The molecule has 0 unspecified atom stereocenters. The second-order valence-electron chi connectivity index (χ2n) is 5.35. The number of hydrogen-bond acceptors (Lipinski definition) is 7. The Labute approximate surface area is 176 Å². The Morgan fingerprint density at radius 3 is 2.85 bits per heavy atom. The van der Waals surface area contributed by atoms with Crippen molar-refractivity contribution in [2.75, 3.05) is 7.11 Å². The van der Waals surface area contributed by atoms with Gasteiger partial charge in [-0.05, 0) is 64.7 Å². The number of benzene rings is 1. The minimum absolute atomic E-state index is 0.0200. The molecule has 1 fully saturated rings. The zero-order valence-electron chi connectivity index (χ0n) is 13.7. The number of nitrogens with zero attached hydrogens (tertiary/aromatic N) is 1. The lowest BCUT2D eigenvalue weighted by Crippen LogP contribution is -2.27. The number of halogens is 2. The zero-order chi connectivity index (χ0) is 19.7. The minimum Gasteiger partial charge on any atom is -0.506 e. The first-order valence-corrected chi connectivity index (χ1v) is 9.68. The Bertz CT molecular complexity index is 986. The lowest BCUT2D eigenvalue weighted by molar-refractivity contribution is -0.123. The molecule has 3 rings (SSSR count). The maximum atomic E-state index is 12.6. The van der Waals surface area contributed by atoms with Gasteiger partial charge in [0.25, 0.3) is 11.1 Å². The molecule has 0 saturated carbocycles. The third-order valence-corrected chi connectivity index (χ3v) is 5.53. The van der Waals surface area contributed by atoms with Crippen LogP contribution in [0.1, 0.15) is 21.9 Å². The highest BCUT2D eigenvalue weighted by Crippen LogP contribution is 2.36. The van der Waals surface area contributed by atoms with Crippen molar-refractivity contribution in [2.24, 2.45) is 0 Å². The summed E-state index contributed by atoms with van der Waals surface area (Å²) in [5, 5.41) is 10.0. The number of amides is 2. The fraction of sp³-hybridized carbons (Fsp3) is 0.118. The number of rotatable bonds is 4. The molecule has 1 aromatic carbocycles. The number of phenols is 1. The maximum absolute atomic E-state index is 12.6. The maximum Gasteiger partial charge on any atom is 0.373 e. The van der Waals surface area contributed by atoms with Crippen LogP contribution in [-0.2, 0) is 16.1 Å². The second-order valence-corrected chi connectivity index (χ2v) is 7.94. The van der Waals surface area contributed by atoms with Crippen molar-refractivity contribution in [3.63, 3.8) is 0 Å². The van der Waals surface area contributed by atoms with Gasteiger partial charge >= 0.3 is 5.97 Å². The first-order valence-electron chi connectivity index (χ1n) is 7.40. The topological polar surface area (TPSA) is 97.0 Å². The predicted octanol–water partition coefficient (Wildman–Crippen LogP) is 4.27. The minimum atomic E-state index is -0.652. The molecule has 0 spiro atoms. The molecule has 10 heteroatoms. The molecule has 0 bridgehead atoms. The standard InChI is InChI=1S/C17H11ClINO6S/c1-25-16(23)12-3-2-10(26-12)7-20-15(22)13(27-17(20)24)5-8-4-9(18)6-11(19)14(8)21/h2-6,21H,7H2,1H3/b13-5+. The number of aromatic hydroxyl groups is 1. The van der Waals surface area contributed by atoms with Crippen molar-refractivity contribution >= 4 is 69.1 Å². The van der Waals surface area contributed by atoms with Crippen molar-refractivity contribution < 1.29 is 28.6 Å². The van der Waals surface area contributed by atoms with Crippen molar-refractivity contribution in [3.05, 3.63) is 54.8 Å². The van der Waals surface area contributed by atoms with Crippen LogP contribution in [0.25, 0.3) is 6.08 Å². The number of imide groups is 1. The van der Waals surface area contributed by atoms with E-state index in [2.05, 4.69) is 4.74 Å². The van der Waals surface area contributed by atoms with Crippen LogP contribution >= 0.6 is 46.0 Å². The summed E-state index contributed by atoms with van der Waals surface area (Å²) in [6.07, 6.45) is 1.41. The summed E-state index contributed by atoms with van der Waals surface area (Å²) in [4.78, 5) is 37.3. The quantitative estimate of drug-likeness (QED) is 0.366. The molecule has 140 valence electrons. The van der Waals surface area contributed by atoms with Crippen molar-refractivity contribution in [1.29, 1.82) is 0 Å². The van der Waals surface area contributed by atoms with Crippen LogP contribution in [0.4, 0.5) is 4.79 Å². The van der Waals surface area contributed by atoms with Gasteiger partial charge in [-0.2, -0.15) is 0 Å². The molecule has 1 saturated heterocycles. The zero-order valence-corrected chi connectivity index (χ0v) is 17.4. The van der Waals surface area contributed by atoms with Gasteiger partial charge < -0.3 is 14.3 Å². The van der Waals surface area contributed by atoms with Crippen LogP contribution in [0, 0.1) is 3.57 Å². The molecule has 27 heavy (non-hydrogen) atoms. The fourth-order valence-electron chi connectivity index (χ4n) is 2.30. The van der Waals surface area contributed by atoms with Crippen molar-refractivity contribution in [3.8, 4) is 5.75 Å². The average molecular weight is 520 g/mol. The van der Waals surface area contributed by atoms with E-state index in [-0.39, 0.29) is 28.7 Å². The average Bonchev–Trinajstić information content (AvgIpc) is 3.19. The molecular weight excluding hydrogens is 509 g/mol. The van der Waals surface area contributed by atoms with E-state index in [0.29, 0.717) is 14.2 Å². The molecule has 2 amide bonds. The molecule has 1 N–H and O–H groups in total. The van der Waals surface area contributed by atoms with Gasteiger partial charge in [0, 0.05) is 10.6 Å². The van der Waals surface area contributed by atoms with Crippen molar-refractivity contribution in [1.82, 2.24) is 4.90 Å². The Kier molecular flexibility index (Phi) is 5.82.